The van der Waals surface area contributed by atoms with E-state index in [-0.39, 0.29) is 29.2 Å². The van der Waals surface area contributed by atoms with Gasteiger partial charge in [-0.05, 0) is 37.3 Å². The summed E-state index contributed by atoms with van der Waals surface area (Å²) in [7, 11) is 0. The number of nitrogens with one attached hydrogen (secondary N) is 3. The molecule has 6 nitrogen and oxygen atoms in total. The lowest BCUT2D eigenvalue weighted by Gasteiger charge is -2.12. The number of benzene rings is 2. The van der Waals surface area contributed by atoms with E-state index in [0.29, 0.717) is 13.0 Å². The van der Waals surface area contributed by atoms with E-state index in [0.717, 1.165) is 29.7 Å². The van der Waals surface area contributed by atoms with Crippen LogP contribution >= 0.6 is 12.4 Å². The molecule has 0 unspecified atom stereocenters. The van der Waals surface area contributed by atoms with Crippen molar-refractivity contribution in [2.45, 2.75) is 19.5 Å². The third kappa shape index (κ3) is 6.32. The van der Waals surface area contributed by atoms with Crippen LogP contribution in [-0.4, -0.2) is 28.3 Å². The largest absolute Gasteiger partial charge is 0.416 e. The second kappa shape index (κ2) is 10.1. The molecule has 164 valence electrons. The van der Waals surface area contributed by atoms with Gasteiger partial charge in [-0.15, -0.1) is 12.4 Å². The first-order chi connectivity index (χ1) is 14.2. The standard InChI is InChI=1S/C21H19F3N4O2.ClH/c1-13-26-12-16(27-13)9-10-25-20(30)17-7-2-3-8-18(17)28-19(29)14-5-4-6-15(11-14)21(22,23)24;/h2-8,11-12H,9-10H2,1H3,(H,25,30)(H,26,27)(H,28,29);1H. The van der Waals surface area contributed by atoms with Crippen molar-refractivity contribution in [2.75, 3.05) is 11.9 Å². The normalized spacial score (nSPS) is 10.8. The van der Waals surface area contributed by atoms with Gasteiger partial charge in [-0.3, -0.25) is 9.59 Å². The average Bonchev–Trinajstić information content (AvgIpc) is 3.13. The summed E-state index contributed by atoms with van der Waals surface area (Å²) in [4.78, 5) is 32.1. The van der Waals surface area contributed by atoms with E-state index in [1.807, 2.05) is 6.92 Å². The van der Waals surface area contributed by atoms with Gasteiger partial charge >= 0.3 is 6.18 Å². The predicted molar refractivity (Wildman–Crippen MR) is 112 cm³/mol. The number of aromatic nitrogens is 2. The molecule has 0 spiro atoms. The van der Waals surface area contributed by atoms with Crippen LogP contribution in [0.25, 0.3) is 0 Å². The lowest BCUT2D eigenvalue weighted by molar-refractivity contribution is -0.137. The molecule has 0 saturated heterocycles. The van der Waals surface area contributed by atoms with Crippen molar-refractivity contribution in [3.05, 3.63) is 82.9 Å². The number of carbonyl (C=O) groups is 2. The average molecular weight is 453 g/mol. The molecule has 2 amide bonds. The summed E-state index contributed by atoms with van der Waals surface area (Å²) in [5, 5.41) is 5.27. The zero-order valence-electron chi connectivity index (χ0n) is 16.4. The molecule has 0 aliphatic heterocycles. The van der Waals surface area contributed by atoms with E-state index in [4.69, 9.17) is 0 Å². The van der Waals surface area contributed by atoms with Gasteiger partial charge in [0, 0.05) is 30.4 Å². The molecule has 3 rings (SSSR count). The number of hydrogen-bond acceptors (Lipinski definition) is 3. The lowest BCUT2D eigenvalue weighted by Crippen LogP contribution is -2.27. The summed E-state index contributed by atoms with van der Waals surface area (Å²) < 4.78 is 38.6. The topological polar surface area (TPSA) is 86.9 Å². The maximum atomic E-state index is 12.9. The van der Waals surface area contributed by atoms with Crippen LogP contribution in [0.2, 0.25) is 0 Å². The molecule has 31 heavy (non-hydrogen) atoms. The number of H-pyrrole nitrogens is 1. The summed E-state index contributed by atoms with van der Waals surface area (Å²) in [6.07, 6.45) is -2.32. The minimum atomic E-state index is -4.55. The third-order valence-corrected chi connectivity index (χ3v) is 4.31. The van der Waals surface area contributed by atoms with Crippen LogP contribution in [0.1, 0.15) is 37.8 Å². The fourth-order valence-electron chi connectivity index (χ4n) is 2.83. The number of para-hydroxylation sites is 1. The number of imidazole rings is 1. The Balaban J connectivity index is 0.00000341. The second-order valence-corrected chi connectivity index (χ2v) is 6.58. The Morgan fingerprint density at radius 3 is 2.48 bits per heavy atom. The highest BCUT2D eigenvalue weighted by Gasteiger charge is 2.31. The van der Waals surface area contributed by atoms with E-state index in [2.05, 4.69) is 20.6 Å². The molecule has 0 aliphatic rings. The van der Waals surface area contributed by atoms with E-state index in [1.165, 1.54) is 18.2 Å². The fraction of sp³-hybridized carbons (Fsp3) is 0.190. The van der Waals surface area contributed by atoms with Crippen LogP contribution in [0.3, 0.4) is 0 Å². The van der Waals surface area contributed by atoms with Crippen molar-refractivity contribution in [1.29, 1.82) is 0 Å². The van der Waals surface area contributed by atoms with Crippen LogP contribution < -0.4 is 10.6 Å². The minimum Gasteiger partial charge on any atom is -0.352 e. The molecule has 10 heteroatoms. The van der Waals surface area contributed by atoms with Crippen LogP contribution in [0, 0.1) is 6.92 Å². The smallest absolute Gasteiger partial charge is 0.352 e. The van der Waals surface area contributed by atoms with Crippen LogP contribution in [-0.2, 0) is 12.6 Å². The molecular formula is C21H20ClF3N4O2. The molecule has 0 aliphatic carbocycles. The molecule has 0 bridgehead atoms. The summed E-state index contributed by atoms with van der Waals surface area (Å²) >= 11 is 0. The Bertz CT molecular complexity index is 1070. The monoisotopic (exact) mass is 452 g/mol. The van der Waals surface area contributed by atoms with E-state index in [9.17, 15) is 22.8 Å². The molecule has 0 atom stereocenters. The Morgan fingerprint density at radius 2 is 1.81 bits per heavy atom. The van der Waals surface area contributed by atoms with Crippen molar-refractivity contribution in [2.24, 2.45) is 0 Å². The zero-order valence-corrected chi connectivity index (χ0v) is 17.2. The number of hydrogen-bond donors (Lipinski definition) is 3. The number of nitrogens with zero attached hydrogens (tertiary/aromatic N) is 1. The molecular weight excluding hydrogens is 433 g/mol. The van der Waals surface area contributed by atoms with Gasteiger partial charge in [0.1, 0.15) is 5.82 Å². The van der Waals surface area contributed by atoms with Gasteiger partial charge in [0.2, 0.25) is 0 Å². The van der Waals surface area contributed by atoms with E-state index in [1.54, 1.807) is 18.3 Å². The molecule has 1 heterocycles. The first kappa shape index (κ1) is 23.9. The Kier molecular flexibility index (Phi) is 7.82. The van der Waals surface area contributed by atoms with Crippen LogP contribution in [0.4, 0.5) is 18.9 Å². The molecule has 3 N–H and O–H groups in total. The number of anilines is 1. The van der Waals surface area contributed by atoms with E-state index < -0.39 is 23.6 Å². The maximum Gasteiger partial charge on any atom is 0.416 e. The van der Waals surface area contributed by atoms with Crippen molar-refractivity contribution in [1.82, 2.24) is 15.3 Å². The van der Waals surface area contributed by atoms with Gasteiger partial charge < -0.3 is 15.6 Å². The van der Waals surface area contributed by atoms with Crippen molar-refractivity contribution >= 4 is 29.9 Å². The molecule has 0 radical (unpaired) electrons. The van der Waals surface area contributed by atoms with Gasteiger partial charge in [-0.2, -0.15) is 13.2 Å². The number of rotatable bonds is 6. The SMILES string of the molecule is Cc1ncc(CCNC(=O)c2ccccc2NC(=O)c2cccc(C(F)(F)F)c2)[nH]1.Cl. The van der Waals surface area contributed by atoms with Gasteiger partial charge in [-0.1, -0.05) is 18.2 Å². The first-order valence-electron chi connectivity index (χ1n) is 9.10. The number of carbonyl (C=O) groups excluding carboxylic acids is 2. The number of aromatic amines is 1. The highest BCUT2D eigenvalue weighted by molar-refractivity contribution is 6.09. The number of amides is 2. The molecule has 1 aromatic heterocycles. The van der Waals surface area contributed by atoms with Gasteiger partial charge in [0.05, 0.1) is 16.8 Å². The first-order valence-corrected chi connectivity index (χ1v) is 9.10. The Hall–Kier alpha value is -3.33. The summed E-state index contributed by atoms with van der Waals surface area (Å²) in [5.41, 5.74) is 0.206. The molecule has 0 saturated carbocycles. The molecule has 2 aromatic carbocycles. The maximum absolute atomic E-state index is 12.9. The summed E-state index contributed by atoms with van der Waals surface area (Å²) in [5.74, 6) is -0.376. The van der Waals surface area contributed by atoms with Crippen LogP contribution in [0.5, 0.6) is 0 Å². The number of alkyl halides is 3. The lowest BCUT2D eigenvalue weighted by atomic mass is 10.1. The van der Waals surface area contributed by atoms with Crippen LogP contribution in [0.15, 0.2) is 54.7 Å². The fourth-order valence-corrected chi connectivity index (χ4v) is 2.83. The Morgan fingerprint density at radius 1 is 1.06 bits per heavy atom. The number of aryl methyl sites for hydroxylation is 1. The summed E-state index contributed by atoms with van der Waals surface area (Å²) in [6, 6.07) is 10.4. The third-order valence-electron chi connectivity index (χ3n) is 4.31. The van der Waals surface area contributed by atoms with Gasteiger partial charge in [-0.25, -0.2) is 4.98 Å². The number of halogens is 4. The highest BCUT2D eigenvalue weighted by Crippen LogP contribution is 2.29. The van der Waals surface area contributed by atoms with Gasteiger partial charge in [0.15, 0.2) is 0 Å². The quantitative estimate of drug-likeness (QED) is 0.518. The predicted octanol–water partition coefficient (Wildman–Crippen LogP) is 4.38. The van der Waals surface area contributed by atoms with Crippen molar-refractivity contribution in [3.63, 3.8) is 0 Å². The van der Waals surface area contributed by atoms with Crippen molar-refractivity contribution in [3.8, 4) is 0 Å². The van der Waals surface area contributed by atoms with Gasteiger partial charge in [0.25, 0.3) is 11.8 Å². The van der Waals surface area contributed by atoms with E-state index >= 15 is 0 Å². The molecule has 3 aromatic rings. The zero-order chi connectivity index (χ0) is 21.7. The summed E-state index contributed by atoms with van der Waals surface area (Å²) in [6.45, 7) is 2.17. The second-order valence-electron chi connectivity index (χ2n) is 6.58. The Labute approximate surface area is 182 Å². The highest BCUT2D eigenvalue weighted by atomic mass is 35.5. The molecule has 0 fully saturated rings. The minimum absolute atomic E-state index is 0. The van der Waals surface area contributed by atoms with Crippen molar-refractivity contribution < 1.29 is 22.8 Å².